The van der Waals surface area contributed by atoms with Gasteiger partial charge in [-0.25, -0.2) is 0 Å². The Morgan fingerprint density at radius 3 is 2.75 bits per heavy atom. The summed E-state index contributed by atoms with van der Waals surface area (Å²) in [6.45, 7) is 0.803. The van der Waals surface area contributed by atoms with Gasteiger partial charge in [0.2, 0.25) is 11.7 Å². The lowest BCUT2D eigenvalue weighted by atomic mass is 10.2. The molecule has 0 unspecified atom stereocenters. The molecule has 1 heterocycles. The molecule has 0 saturated heterocycles. The topological polar surface area (TPSA) is 71.2 Å². The standard InChI is InChI=1S/C11H13N3O2/c1-12-7-6-10-13-11(14-16-10)8-2-4-9(15)5-3-8/h2-5,12,15H,6-7H2,1H3. The highest BCUT2D eigenvalue weighted by molar-refractivity contribution is 5.55. The summed E-state index contributed by atoms with van der Waals surface area (Å²) in [5, 5.41) is 16.0. The molecule has 16 heavy (non-hydrogen) atoms. The largest absolute Gasteiger partial charge is 0.508 e. The Morgan fingerprint density at radius 1 is 1.31 bits per heavy atom. The van der Waals surface area contributed by atoms with Crippen LogP contribution in [0.4, 0.5) is 0 Å². The van der Waals surface area contributed by atoms with E-state index < -0.39 is 0 Å². The molecule has 5 nitrogen and oxygen atoms in total. The van der Waals surface area contributed by atoms with Crippen LogP contribution in [0, 0.1) is 0 Å². The number of aromatic nitrogens is 2. The van der Waals surface area contributed by atoms with Crippen molar-refractivity contribution >= 4 is 0 Å². The molecule has 0 fully saturated rings. The SMILES string of the molecule is CNCCc1nc(-c2ccc(O)cc2)no1. The Hall–Kier alpha value is -1.88. The Bertz CT molecular complexity index is 451. The van der Waals surface area contributed by atoms with Crippen molar-refractivity contribution in [3.05, 3.63) is 30.2 Å². The zero-order valence-corrected chi connectivity index (χ0v) is 8.97. The summed E-state index contributed by atoms with van der Waals surface area (Å²) in [6.07, 6.45) is 0.710. The summed E-state index contributed by atoms with van der Waals surface area (Å²) >= 11 is 0. The molecule has 0 saturated carbocycles. The molecule has 2 aromatic rings. The number of likely N-dealkylation sites (N-methyl/N-ethyl adjacent to an activating group) is 1. The molecular weight excluding hydrogens is 206 g/mol. The molecule has 5 heteroatoms. The monoisotopic (exact) mass is 219 g/mol. The van der Waals surface area contributed by atoms with Gasteiger partial charge in [0.05, 0.1) is 0 Å². The van der Waals surface area contributed by atoms with Crippen molar-refractivity contribution in [3.8, 4) is 17.1 Å². The van der Waals surface area contributed by atoms with E-state index >= 15 is 0 Å². The lowest BCUT2D eigenvalue weighted by Crippen LogP contribution is -2.10. The van der Waals surface area contributed by atoms with Gasteiger partial charge in [0.1, 0.15) is 5.75 Å². The van der Waals surface area contributed by atoms with Crippen molar-refractivity contribution in [2.75, 3.05) is 13.6 Å². The van der Waals surface area contributed by atoms with Gasteiger partial charge in [0.25, 0.3) is 0 Å². The predicted octanol–water partition coefficient (Wildman–Crippen LogP) is 1.20. The number of benzene rings is 1. The van der Waals surface area contributed by atoms with Crippen molar-refractivity contribution in [1.82, 2.24) is 15.5 Å². The Balaban J connectivity index is 2.15. The first-order chi connectivity index (χ1) is 7.79. The van der Waals surface area contributed by atoms with Gasteiger partial charge in [-0.2, -0.15) is 4.98 Å². The summed E-state index contributed by atoms with van der Waals surface area (Å²) < 4.78 is 5.09. The van der Waals surface area contributed by atoms with Gasteiger partial charge < -0.3 is 14.9 Å². The lowest BCUT2D eigenvalue weighted by Gasteiger charge is -1.94. The van der Waals surface area contributed by atoms with Crippen molar-refractivity contribution in [2.24, 2.45) is 0 Å². The van der Waals surface area contributed by atoms with E-state index in [1.807, 2.05) is 7.05 Å². The molecule has 0 spiro atoms. The second-order valence-electron chi connectivity index (χ2n) is 3.41. The zero-order chi connectivity index (χ0) is 11.4. The maximum absolute atomic E-state index is 9.15. The molecule has 0 atom stereocenters. The maximum atomic E-state index is 9.15. The fourth-order valence-electron chi connectivity index (χ4n) is 1.32. The lowest BCUT2D eigenvalue weighted by molar-refractivity contribution is 0.377. The van der Waals surface area contributed by atoms with Gasteiger partial charge >= 0.3 is 0 Å². The third kappa shape index (κ3) is 2.38. The quantitative estimate of drug-likeness (QED) is 0.808. The molecule has 0 amide bonds. The van der Waals surface area contributed by atoms with E-state index in [2.05, 4.69) is 15.5 Å². The number of nitrogens with zero attached hydrogens (tertiary/aromatic N) is 2. The first-order valence-corrected chi connectivity index (χ1v) is 5.06. The Morgan fingerprint density at radius 2 is 2.06 bits per heavy atom. The normalized spacial score (nSPS) is 10.6. The van der Waals surface area contributed by atoms with Crippen LogP contribution in [0.2, 0.25) is 0 Å². The minimum atomic E-state index is 0.225. The van der Waals surface area contributed by atoms with E-state index in [4.69, 9.17) is 9.63 Å². The average molecular weight is 219 g/mol. The van der Waals surface area contributed by atoms with Gasteiger partial charge in [0.15, 0.2) is 0 Å². The van der Waals surface area contributed by atoms with Crippen molar-refractivity contribution in [1.29, 1.82) is 0 Å². The molecule has 84 valence electrons. The number of phenolic OH excluding ortho intramolecular Hbond substituents is 1. The fourth-order valence-corrected chi connectivity index (χ4v) is 1.32. The Kier molecular flexibility index (Phi) is 3.16. The van der Waals surface area contributed by atoms with Crippen molar-refractivity contribution < 1.29 is 9.63 Å². The molecule has 2 rings (SSSR count). The number of phenols is 1. The van der Waals surface area contributed by atoms with Crippen LogP contribution >= 0.6 is 0 Å². The zero-order valence-electron chi connectivity index (χ0n) is 8.97. The van der Waals surface area contributed by atoms with Crippen LogP contribution in [0.1, 0.15) is 5.89 Å². The Labute approximate surface area is 93.1 Å². The van der Waals surface area contributed by atoms with Crippen molar-refractivity contribution in [3.63, 3.8) is 0 Å². The third-order valence-electron chi connectivity index (χ3n) is 2.18. The second-order valence-corrected chi connectivity index (χ2v) is 3.41. The molecule has 0 aliphatic heterocycles. The minimum absolute atomic E-state index is 0.225. The highest BCUT2D eigenvalue weighted by Crippen LogP contribution is 2.18. The van der Waals surface area contributed by atoms with Crippen LogP contribution in [-0.4, -0.2) is 28.8 Å². The summed E-state index contributed by atoms with van der Waals surface area (Å²) in [6, 6.07) is 6.70. The van der Waals surface area contributed by atoms with E-state index in [1.54, 1.807) is 24.3 Å². The number of hydrogen-bond donors (Lipinski definition) is 2. The molecule has 0 aliphatic rings. The summed E-state index contributed by atoms with van der Waals surface area (Å²) in [5.74, 6) is 1.38. The van der Waals surface area contributed by atoms with Crippen LogP contribution in [0.5, 0.6) is 5.75 Å². The van der Waals surface area contributed by atoms with Crippen LogP contribution < -0.4 is 5.32 Å². The molecule has 1 aromatic heterocycles. The van der Waals surface area contributed by atoms with E-state index in [0.29, 0.717) is 18.1 Å². The third-order valence-corrected chi connectivity index (χ3v) is 2.18. The highest BCUT2D eigenvalue weighted by atomic mass is 16.5. The van der Waals surface area contributed by atoms with Crippen LogP contribution in [0.15, 0.2) is 28.8 Å². The number of hydrogen-bond acceptors (Lipinski definition) is 5. The average Bonchev–Trinajstić information content (AvgIpc) is 2.76. The molecular formula is C11H13N3O2. The smallest absolute Gasteiger partial charge is 0.228 e. The van der Waals surface area contributed by atoms with Gasteiger partial charge in [-0.15, -0.1) is 0 Å². The van der Waals surface area contributed by atoms with E-state index in [1.165, 1.54) is 0 Å². The first kappa shape index (κ1) is 10.6. The fraction of sp³-hybridized carbons (Fsp3) is 0.273. The van der Waals surface area contributed by atoms with Crippen LogP contribution in [0.25, 0.3) is 11.4 Å². The van der Waals surface area contributed by atoms with Gasteiger partial charge in [0, 0.05) is 18.5 Å². The predicted molar refractivity (Wildman–Crippen MR) is 59.0 cm³/mol. The number of rotatable bonds is 4. The minimum Gasteiger partial charge on any atom is -0.508 e. The van der Waals surface area contributed by atoms with Crippen LogP contribution in [0.3, 0.4) is 0 Å². The maximum Gasteiger partial charge on any atom is 0.228 e. The number of nitrogens with one attached hydrogen (secondary N) is 1. The van der Waals surface area contributed by atoms with Crippen LogP contribution in [-0.2, 0) is 6.42 Å². The molecule has 2 N–H and O–H groups in total. The molecule has 1 aromatic carbocycles. The number of aromatic hydroxyl groups is 1. The molecule has 0 aliphatic carbocycles. The second kappa shape index (κ2) is 4.76. The summed E-state index contributed by atoms with van der Waals surface area (Å²) in [4.78, 5) is 4.25. The van der Waals surface area contributed by atoms with E-state index in [-0.39, 0.29) is 5.75 Å². The molecule has 0 bridgehead atoms. The first-order valence-electron chi connectivity index (χ1n) is 5.06. The highest BCUT2D eigenvalue weighted by Gasteiger charge is 2.07. The van der Waals surface area contributed by atoms with Gasteiger partial charge in [-0.3, -0.25) is 0 Å². The summed E-state index contributed by atoms with van der Waals surface area (Å²) in [7, 11) is 1.87. The van der Waals surface area contributed by atoms with Gasteiger partial charge in [-0.05, 0) is 31.3 Å². The van der Waals surface area contributed by atoms with Crippen molar-refractivity contribution in [2.45, 2.75) is 6.42 Å². The van der Waals surface area contributed by atoms with Gasteiger partial charge in [-0.1, -0.05) is 5.16 Å². The molecule has 0 radical (unpaired) electrons. The summed E-state index contributed by atoms with van der Waals surface area (Å²) in [5.41, 5.74) is 0.831. The van der Waals surface area contributed by atoms with E-state index in [0.717, 1.165) is 12.1 Å². The van der Waals surface area contributed by atoms with E-state index in [9.17, 15) is 0 Å².